The van der Waals surface area contributed by atoms with Gasteiger partial charge in [-0.15, -0.1) is 0 Å². The first-order chi connectivity index (χ1) is 8.84. The molecule has 88 valence electrons. The zero-order valence-electron chi connectivity index (χ0n) is 9.60. The van der Waals surface area contributed by atoms with Crippen LogP contribution in [0.4, 0.5) is 5.69 Å². The maximum absolute atomic E-state index is 6.08. The van der Waals surface area contributed by atoms with Crippen LogP contribution in [0.2, 0.25) is 5.02 Å². The van der Waals surface area contributed by atoms with Gasteiger partial charge >= 0.3 is 0 Å². The predicted octanol–water partition coefficient (Wildman–Crippen LogP) is 4.07. The van der Waals surface area contributed by atoms with Crippen molar-refractivity contribution in [3.8, 4) is 0 Å². The van der Waals surface area contributed by atoms with Gasteiger partial charge < -0.3 is 5.32 Å². The van der Waals surface area contributed by atoms with Crippen LogP contribution in [-0.4, -0.2) is 5.71 Å². The molecule has 18 heavy (non-hydrogen) atoms. The highest BCUT2D eigenvalue weighted by Gasteiger charge is 2.13. The van der Waals surface area contributed by atoms with Gasteiger partial charge in [0, 0.05) is 34.2 Å². The molecule has 0 bridgehead atoms. The summed E-state index contributed by atoms with van der Waals surface area (Å²) in [5.41, 5.74) is 4.03. The van der Waals surface area contributed by atoms with E-state index in [1.165, 1.54) is 0 Å². The Hall–Kier alpha value is -2.06. The van der Waals surface area contributed by atoms with Crippen LogP contribution in [0, 0.1) is 0 Å². The molecule has 0 saturated carbocycles. The minimum Gasteiger partial charge on any atom is -0.360 e. The fourth-order valence-corrected chi connectivity index (χ4v) is 2.14. The van der Waals surface area contributed by atoms with Gasteiger partial charge in [0.1, 0.15) is 0 Å². The van der Waals surface area contributed by atoms with E-state index in [9.17, 15) is 0 Å². The summed E-state index contributed by atoms with van der Waals surface area (Å²) in [7, 11) is 0. The number of nitrogens with zero attached hydrogens (tertiary/aromatic N) is 1. The molecule has 0 radical (unpaired) electrons. The predicted molar refractivity (Wildman–Crippen MR) is 76.3 cm³/mol. The Labute approximate surface area is 111 Å². The molecule has 0 aliphatic carbocycles. The third kappa shape index (κ3) is 2.03. The monoisotopic (exact) mass is 254 g/mol. The number of anilines is 1. The first-order valence-electron chi connectivity index (χ1n) is 5.69. The average molecular weight is 255 g/mol. The summed E-state index contributed by atoms with van der Waals surface area (Å²) in [5.74, 6) is 0. The lowest BCUT2D eigenvalue weighted by Crippen LogP contribution is -2.04. The van der Waals surface area contributed by atoms with E-state index < -0.39 is 0 Å². The standard InChI is InChI=1S/C15H11ClN2/c16-12-6-7-14-13(10-12)15(18-9-8-17-14)11-4-2-1-3-5-11/h1-10,17H. The summed E-state index contributed by atoms with van der Waals surface area (Å²) in [6.07, 6.45) is 3.58. The molecule has 2 aromatic carbocycles. The number of nitrogens with one attached hydrogen (secondary N) is 1. The van der Waals surface area contributed by atoms with Crippen LogP contribution in [0.5, 0.6) is 0 Å². The van der Waals surface area contributed by atoms with Crippen LogP contribution < -0.4 is 5.32 Å². The normalized spacial score (nSPS) is 13.3. The van der Waals surface area contributed by atoms with E-state index in [1.807, 2.05) is 54.7 Å². The van der Waals surface area contributed by atoms with Gasteiger partial charge in [-0.05, 0) is 18.2 Å². The van der Waals surface area contributed by atoms with Gasteiger partial charge in [0.15, 0.2) is 0 Å². The van der Waals surface area contributed by atoms with Crippen molar-refractivity contribution < 1.29 is 0 Å². The van der Waals surface area contributed by atoms with Crippen LogP contribution in [0.1, 0.15) is 11.1 Å². The van der Waals surface area contributed by atoms with Crippen molar-refractivity contribution in [1.29, 1.82) is 0 Å². The molecule has 0 saturated heterocycles. The molecule has 0 unspecified atom stereocenters. The summed E-state index contributed by atoms with van der Waals surface area (Å²) in [6.45, 7) is 0. The number of aliphatic imine (C=N–C) groups is 1. The molecule has 3 rings (SSSR count). The summed E-state index contributed by atoms with van der Waals surface area (Å²) < 4.78 is 0. The molecule has 3 heteroatoms. The van der Waals surface area contributed by atoms with Crippen molar-refractivity contribution >= 4 is 23.0 Å². The highest BCUT2D eigenvalue weighted by Crippen LogP contribution is 2.25. The van der Waals surface area contributed by atoms with E-state index in [4.69, 9.17) is 11.6 Å². The molecule has 0 atom stereocenters. The molecule has 1 N–H and O–H groups in total. The molecule has 0 amide bonds. The first kappa shape index (κ1) is 11.1. The first-order valence-corrected chi connectivity index (χ1v) is 6.07. The quantitative estimate of drug-likeness (QED) is 0.815. The largest absolute Gasteiger partial charge is 0.360 e. The minimum absolute atomic E-state index is 0.709. The number of fused-ring (bicyclic) bond motifs is 1. The Balaban J connectivity index is 2.19. The molecule has 0 aromatic heterocycles. The molecule has 2 aromatic rings. The second-order valence-corrected chi connectivity index (χ2v) is 4.43. The fraction of sp³-hybridized carbons (Fsp3) is 0. The van der Waals surface area contributed by atoms with Gasteiger partial charge in [0.05, 0.1) is 5.71 Å². The number of hydrogen-bond acceptors (Lipinski definition) is 2. The summed E-state index contributed by atoms with van der Waals surface area (Å²) in [5, 5.41) is 3.91. The minimum atomic E-state index is 0.709. The van der Waals surface area contributed by atoms with Crippen LogP contribution in [-0.2, 0) is 0 Å². The Morgan fingerprint density at radius 1 is 1.00 bits per heavy atom. The molecule has 0 spiro atoms. The molecule has 1 aliphatic heterocycles. The van der Waals surface area contributed by atoms with Gasteiger partial charge in [-0.2, -0.15) is 0 Å². The van der Waals surface area contributed by atoms with Crippen molar-refractivity contribution in [2.24, 2.45) is 4.99 Å². The Morgan fingerprint density at radius 2 is 1.83 bits per heavy atom. The molecule has 0 fully saturated rings. The van der Waals surface area contributed by atoms with Crippen molar-refractivity contribution in [1.82, 2.24) is 0 Å². The van der Waals surface area contributed by atoms with E-state index in [0.717, 1.165) is 22.5 Å². The highest BCUT2D eigenvalue weighted by molar-refractivity contribution is 6.31. The smallest absolute Gasteiger partial charge is 0.0796 e. The maximum atomic E-state index is 6.08. The lowest BCUT2D eigenvalue weighted by molar-refractivity contribution is 1.52. The fourth-order valence-electron chi connectivity index (χ4n) is 1.97. The lowest BCUT2D eigenvalue weighted by atomic mass is 10.0. The molecule has 2 nitrogen and oxygen atoms in total. The van der Waals surface area contributed by atoms with Crippen molar-refractivity contribution in [3.63, 3.8) is 0 Å². The molecule has 1 heterocycles. The van der Waals surface area contributed by atoms with E-state index in [-0.39, 0.29) is 0 Å². The van der Waals surface area contributed by atoms with Crippen LogP contribution in [0.25, 0.3) is 0 Å². The van der Waals surface area contributed by atoms with Crippen molar-refractivity contribution in [2.75, 3.05) is 5.32 Å². The third-order valence-electron chi connectivity index (χ3n) is 2.80. The zero-order valence-corrected chi connectivity index (χ0v) is 10.4. The molecular formula is C15H11ClN2. The van der Waals surface area contributed by atoms with Crippen LogP contribution in [0.3, 0.4) is 0 Å². The third-order valence-corrected chi connectivity index (χ3v) is 3.04. The summed E-state index contributed by atoms with van der Waals surface area (Å²) in [6, 6.07) is 15.9. The average Bonchev–Trinajstić information content (AvgIpc) is 2.61. The summed E-state index contributed by atoms with van der Waals surface area (Å²) >= 11 is 6.08. The van der Waals surface area contributed by atoms with Crippen LogP contribution in [0.15, 0.2) is 65.9 Å². The number of benzene rings is 2. The Kier molecular flexibility index (Phi) is 2.87. The zero-order chi connectivity index (χ0) is 12.4. The van der Waals surface area contributed by atoms with E-state index in [1.54, 1.807) is 6.20 Å². The van der Waals surface area contributed by atoms with E-state index in [0.29, 0.717) is 5.02 Å². The van der Waals surface area contributed by atoms with Gasteiger partial charge in [-0.1, -0.05) is 41.9 Å². The lowest BCUT2D eigenvalue weighted by Gasteiger charge is -2.10. The topological polar surface area (TPSA) is 24.4 Å². The Bertz CT molecular complexity index is 630. The second-order valence-electron chi connectivity index (χ2n) is 3.99. The molecule has 1 aliphatic rings. The molecular weight excluding hydrogens is 244 g/mol. The number of hydrogen-bond donors (Lipinski definition) is 1. The van der Waals surface area contributed by atoms with Gasteiger partial charge in [0.25, 0.3) is 0 Å². The van der Waals surface area contributed by atoms with Crippen molar-refractivity contribution in [2.45, 2.75) is 0 Å². The van der Waals surface area contributed by atoms with Gasteiger partial charge in [-0.3, -0.25) is 4.99 Å². The second kappa shape index (κ2) is 4.67. The Morgan fingerprint density at radius 3 is 2.67 bits per heavy atom. The van der Waals surface area contributed by atoms with Gasteiger partial charge in [-0.25, -0.2) is 0 Å². The highest BCUT2D eigenvalue weighted by atomic mass is 35.5. The maximum Gasteiger partial charge on any atom is 0.0796 e. The summed E-state index contributed by atoms with van der Waals surface area (Å²) in [4.78, 5) is 4.49. The SMILES string of the molecule is Clc1ccc2c(c1)C(c1ccccc1)=NC=CN2. The van der Waals surface area contributed by atoms with Crippen molar-refractivity contribution in [3.05, 3.63) is 77.1 Å². The number of halogens is 1. The van der Waals surface area contributed by atoms with E-state index >= 15 is 0 Å². The van der Waals surface area contributed by atoms with Crippen LogP contribution >= 0.6 is 11.6 Å². The van der Waals surface area contributed by atoms with E-state index in [2.05, 4.69) is 10.3 Å². The number of rotatable bonds is 1. The van der Waals surface area contributed by atoms with Gasteiger partial charge in [0.2, 0.25) is 0 Å².